The van der Waals surface area contributed by atoms with Gasteiger partial charge in [0, 0.05) is 57.5 Å². The Morgan fingerprint density at radius 2 is 1.66 bits per heavy atom. The highest BCUT2D eigenvalue weighted by Crippen LogP contribution is 2.31. The van der Waals surface area contributed by atoms with Gasteiger partial charge in [0.15, 0.2) is 5.78 Å². The van der Waals surface area contributed by atoms with Gasteiger partial charge in [-0.15, -0.1) is 0 Å². The van der Waals surface area contributed by atoms with Gasteiger partial charge >= 0.3 is 0 Å². The monoisotopic (exact) mass is 396 g/mol. The lowest BCUT2D eigenvalue weighted by Crippen LogP contribution is -2.49. The largest absolute Gasteiger partial charge is 0.363 e. The number of carbonyl (C=O) groups is 2. The standard InChI is InChI=1S/C21H24N4O4/c1-22(2)20(26)15-23-10-12-24(13-11-23)18-9-8-17(14-19(18)25(28)29)21(27)16-6-4-3-5-7-16/h3-9,14H,10-13,15H2,1-2H3. The number of hydrogen-bond acceptors (Lipinski definition) is 6. The van der Waals surface area contributed by atoms with Gasteiger partial charge < -0.3 is 9.80 Å². The van der Waals surface area contributed by atoms with Crippen molar-refractivity contribution in [1.29, 1.82) is 0 Å². The minimum absolute atomic E-state index is 0.0354. The Morgan fingerprint density at radius 3 is 2.24 bits per heavy atom. The molecule has 1 heterocycles. The van der Waals surface area contributed by atoms with Crippen LogP contribution in [0.3, 0.4) is 0 Å². The number of amides is 1. The van der Waals surface area contributed by atoms with Crippen LogP contribution in [0.2, 0.25) is 0 Å². The second-order valence-corrected chi connectivity index (χ2v) is 7.21. The van der Waals surface area contributed by atoms with Gasteiger partial charge in [-0.25, -0.2) is 0 Å². The first kappa shape index (κ1) is 20.5. The molecule has 1 amide bonds. The summed E-state index contributed by atoms with van der Waals surface area (Å²) < 4.78 is 0. The van der Waals surface area contributed by atoms with Crippen LogP contribution in [-0.2, 0) is 4.79 Å². The van der Waals surface area contributed by atoms with E-state index >= 15 is 0 Å². The number of anilines is 1. The first-order chi connectivity index (χ1) is 13.9. The number of carbonyl (C=O) groups excluding carboxylic acids is 2. The van der Waals surface area contributed by atoms with Gasteiger partial charge in [-0.3, -0.25) is 24.6 Å². The van der Waals surface area contributed by atoms with E-state index in [-0.39, 0.29) is 17.4 Å². The zero-order valence-corrected chi connectivity index (χ0v) is 16.6. The quantitative estimate of drug-likeness (QED) is 0.422. The Morgan fingerprint density at radius 1 is 1.00 bits per heavy atom. The molecule has 1 aliphatic rings. The number of benzene rings is 2. The molecule has 2 aromatic rings. The van der Waals surface area contributed by atoms with Crippen LogP contribution in [-0.4, -0.2) is 73.2 Å². The second kappa shape index (κ2) is 8.83. The fourth-order valence-corrected chi connectivity index (χ4v) is 3.31. The lowest BCUT2D eigenvalue weighted by Gasteiger charge is -2.35. The molecule has 8 nitrogen and oxygen atoms in total. The molecule has 8 heteroatoms. The van der Waals surface area contributed by atoms with E-state index in [2.05, 4.69) is 0 Å². The average molecular weight is 396 g/mol. The number of nitro groups is 1. The van der Waals surface area contributed by atoms with Crippen molar-refractivity contribution in [3.8, 4) is 0 Å². The third-order valence-corrected chi connectivity index (χ3v) is 5.04. The van der Waals surface area contributed by atoms with Crippen molar-refractivity contribution in [2.75, 3.05) is 51.7 Å². The molecule has 1 saturated heterocycles. The van der Waals surface area contributed by atoms with E-state index in [1.54, 1.807) is 55.4 Å². The summed E-state index contributed by atoms with van der Waals surface area (Å²) >= 11 is 0. The maximum absolute atomic E-state index is 12.6. The molecule has 0 spiro atoms. The molecule has 0 N–H and O–H groups in total. The Hall–Kier alpha value is -3.26. The second-order valence-electron chi connectivity index (χ2n) is 7.21. The minimum Gasteiger partial charge on any atom is -0.363 e. The molecular formula is C21H24N4O4. The highest BCUT2D eigenvalue weighted by molar-refractivity contribution is 6.09. The van der Waals surface area contributed by atoms with E-state index in [1.165, 1.54) is 6.07 Å². The summed E-state index contributed by atoms with van der Waals surface area (Å²) in [5.41, 5.74) is 1.21. The summed E-state index contributed by atoms with van der Waals surface area (Å²) in [4.78, 5) is 41.3. The van der Waals surface area contributed by atoms with Gasteiger partial charge in [-0.1, -0.05) is 30.3 Å². The summed E-state index contributed by atoms with van der Waals surface area (Å²) in [7, 11) is 3.44. The van der Waals surface area contributed by atoms with Gasteiger partial charge in [0.2, 0.25) is 5.91 Å². The predicted octanol–water partition coefficient (Wildman–Crippen LogP) is 2.04. The molecule has 1 aliphatic heterocycles. The molecule has 152 valence electrons. The van der Waals surface area contributed by atoms with Crippen LogP contribution >= 0.6 is 0 Å². The Labute approximate surface area is 169 Å². The van der Waals surface area contributed by atoms with Crippen molar-refractivity contribution < 1.29 is 14.5 Å². The summed E-state index contributed by atoms with van der Waals surface area (Å²) in [6.07, 6.45) is 0. The van der Waals surface area contributed by atoms with Gasteiger partial charge in [-0.2, -0.15) is 0 Å². The Kier molecular flexibility index (Phi) is 6.23. The third kappa shape index (κ3) is 4.78. The van der Waals surface area contributed by atoms with Crippen LogP contribution in [0, 0.1) is 10.1 Å². The van der Waals surface area contributed by atoms with Gasteiger partial charge in [-0.05, 0) is 12.1 Å². The van der Waals surface area contributed by atoms with Gasteiger partial charge in [0.05, 0.1) is 11.5 Å². The van der Waals surface area contributed by atoms with E-state index in [0.29, 0.717) is 49.5 Å². The molecule has 0 atom stereocenters. The average Bonchev–Trinajstić information content (AvgIpc) is 2.74. The van der Waals surface area contributed by atoms with Crippen LogP contribution in [0.15, 0.2) is 48.5 Å². The number of likely N-dealkylation sites (N-methyl/N-ethyl adjacent to an activating group) is 1. The number of hydrogen-bond donors (Lipinski definition) is 0. The van der Waals surface area contributed by atoms with Crippen molar-refractivity contribution in [1.82, 2.24) is 9.80 Å². The van der Waals surface area contributed by atoms with Crippen LogP contribution in [0.1, 0.15) is 15.9 Å². The van der Waals surface area contributed by atoms with Crippen molar-refractivity contribution in [3.05, 3.63) is 69.8 Å². The molecule has 3 rings (SSSR count). The van der Waals surface area contributed by atoms with Crippen molar-refractivity contribution in [2.24, 2.45) is 0 Å². The molecule has 0 unspecified atom stereocenters. The maximum Gasteiger partial charge on any atom is 0.293 e. The Balaban J connectivity index is 1.76. The SMILES string of the molecule is CN(C)C(=O)CN1CCN(c2ccc(C(=O)c3ccccc3)cc2[N+](=O)[O-])CC1. The molecule has 0 aromatic heterocycles. The number of piperazine rings is 1. The fraction of sp³-hybridized carbons (Fsp3) is 0.333. The summed E-state index contributed by atoms with van der Waals surface area (Å²) in [5, 5.41) is 11.7. The number of nitrogens with zero attached hydrogens (tertiary/aromatic N) is 4. The van der Waals surface area contributed by atoms with Crippen molar-refractivity contribution >= 4 is 23.1 Å². The van der Waals surface area contributed by atoms with Crippen LogP contribution in [0.25, 0.3) is 0 Å². The van der Waals surface area contributed by atoms with Crippen LogP contribution < -0.4 is 4.90 Å². The highest BCUT2D eigenvalue weighted by Gasteiger charge is 2.26. The first-order valence-corrected chi connectivity index (χ1v) is 9.42. The molecule has 2 aromatic carbocycles. The maximum atomic E-state index is 12.6. The van der Waals surface area contributed by atoms with Crippen LogP contribution in [0.4, 0.5) is 11.4 Å². The molecule has 29 heavy (non-hydrogen) atoms. The van der Waals surface area contributed by atoms with Crippen molar-refractivity contribution in [3.63, 3.8) is 0 Å². The molecule has 0 bridgehead atoms. The summed E-state index contributed by atoms with van der Waals surface area (Å²) in [5.74, 6) is -0.208. The zero-order chi connectivity index (χ0) is 21.0. The molecular weight excluding hydrogens is 372 g/mol. The predicted molar refractivity (Wildman–Crippen MR) is 110 cm³/mol. The number of ketones is 1. The smallest absolute Gasteiger partial charge is 0.293 e. The minimum atomic E-state index is -0.445. The van der Waals surface area contributed by atoms with E-state index in [4.69, 9.17) is 0 Å². The van der Waals surface area contributed by atoms with Gasteiger partial charge in [0.25, 0.3) is 5.69 Å². The first-order valence-electron chi connectivity index (χ1n) is 9.42. The summed E-state index contributed by atoms with van der Waals surface area (Å²) in [6.45, 7) is 2.78. The molecule has 0 saturated carbocycles. The normalized spacial score (nSPS) is 14.5. The summed E-state index contributed by atoms with van der Waals surface area (Å²) in [6, 6.07) is 13.4. The fourth-order valence-electron chi connectivity index (χ4n) is 3.31. The van der Waals surface area contributed by atoms with E-state index in [0.717, 1.165) is 0 Å². The Bertz CT molecular complexity index is 906. The van der Waals surface area contributed by atoms with Crippen LogP contribution in [0.5, 0.6) is 0 Å². The zero-order valence-electron chi connectivity index (χ0n) is 16.6. The lowest BCUT2D eigenvalue weighted by molar-refractivity contribution is -0.384. The van der Waals surface area contributed by atoms with E-state index in [1.807, 2.05) is 15.9 Å². The third-order valence-electron chi connectivity index (χ3n) is 5.04. The molecule has 1 fully saturated rings. The number of nitro benzene ring substituents is 1. The molecule has 0 radical (unpaired) electrons. The highest BCUT2D eigenvalue weighted by atomic mass is 16.6. The van der Waals surface area contributed by atoms with E-state index < -0.39 is 4.92 Å². The lowest BCUT2D eigenvalue weighted by atomic mass is 10.0. The molecule has 0 aliphatic carbocycles. The topological polar surface area (TPSA) is 87.0 Å². The van der Waals surface area contributed by atoms with Gasteiger partial charge in [0.1, 0.15) is 5.69 Å². The van der Waals surface area contributed by atoms with Crippen molar-refractivity contribution in [2.45, 2.75) is 0 Å². The number of rotatable bonds is 6. The van der Waals surface area contributed by atoms with E-state index in [9.17, 15) is 19.7 Å².